The van der Waals surface area contributed by atoms with Crippen LogP contribution < -0.4 is 10.9 Å². The molecule has 0 radical (unpaired) electrons. The number of thiazole rings is 1. The SMILES string of the molecule is Cc1nc(/C=C/C(=O)NNC(=O)c2ccccc2F)cs1. The van der Waals surface area contributed by atoms with E-state index in [1.54, 1.807) is 5.38 Å². The number of hydrazine groups is 1. The topological polar surface area (TPSA) is 71.1 Å². The molecule has 0 bridgehead atoms. The second kappa shape index (κ2) is 6.76. The first kappa shape index (κ1) is 14.9. The van der Waals surface area contributed by atoms with E-state index in [0.717, 1.165) is 5.01 Å². The zero-order valence-corrected chi connectivity index (χ0v) is 11.9. The number of carbonyl (C=O) groups is 2. The molecule has 2 rings (SSSR count). The number of carbonyl (C=O) groups excluding carboxylic acids is 2. The van der Waals surface area contributed by atoms with E-state index in [9.17, 15) is 14.0 Å². The van der Waals surface area contributed by atoms with Crippen LogP contribution in [0.4, 0.5) is 4.39 Å². The van der Waals surface area contributed by atoms with Crippen molar-refractivity contribution in [3.63, 3.8) is 0 Å². The number of rotatable bonds is 3. The number of halogens is 1. The minimum absolute atomic E-state index is 0.142. The zero-order chi connectivity index (χ0) is 15.2. The van der Waals surface area contributed by atoms with Crippen LogP contribution >= 0.6 is 11.3 Å². The Hall–Kier alpha value is -2.54. The van der Waals surface area contributed by atoms with Crippen molar-refractivity contribution in [2.75, 3.05) is 0 Å². The average molecular weight is 305 g/mol. The van der Waals surface area contributed by atoms with Gasteiger partial charge in [0.2, 0.25) is 0 Å². The van der Waals surface area contributed by atoms with Gasteiger partial charge in [-0.05, 0) is 25.1 Å². The third kappa shape index (κ3) is 4.22. The lowest BCUT2D eigenvalue weighted by molar-refractivity contribution is -0.117. The number of hydrogen-bond acceptors (Lipinski definition) is 4. The molecule has 0 aliphatic rings. The normalized spacial score (nSPS) is 10.6. The molecule has 0 aliphatic heterocycles. The summed E-state index contributed by atoms with van der Waals surface area (Å²) in [5, 5.41) is 2.69. The quantitative estimate of drug-likeness (QED) is 0.673. The zero-order valence-electron chi connectivity index (χ0n) is 11.1. The van der Waals surface area contributed by atoms with E-state index >= 15 is 0 Å². The summed E-state index contributed by atoms with van der Waals surface area (Å²) in [4.78, 5) is 27.3. The van der Waals surface area contributed by atoms with Crippen molar-refractivity contribution < 1.29 is 14.0 Å². The summed E-state index contributed by atoms with van der Waals surface area (Å²) in [6.07, 6.45) is 2.75. The molecule has 0 aliphatic carbocycles. The molecule has 2 N–H and O–H groups in total. The largest absolute Gasteiger partial charge is 0.272 e. The number of amides is 2. The van der Waals surface area contributed by atoms with Gasteiger partial charge in [-0.1, -0.05) is 12.1 Å². The van der Waals surface area contributed by atoms with Crippen molar-refractivity contribution in [3.8, 4) is 0 Å². The lowest BCUT2D eigenvalue weighted by Gasteiger charge is -2.05. The van der Waals surface area contributed by atoms with E-state index in [1.165, 1.54) is 47.8 Å². The van der Waals surface area contributed by atoms with Crippen LogP contribution in [0.5, 0.6) is 0 Å². The van der Waals surface area contributed by atoms with Crippen LogP contribution in [0, 0.1) is 12.7 Å². The second-order valence-electron chi connectivity index (χ2n) is 4.05. The first-order valence-electron chi connectivity index (χ1n) is 6.01. The third-order valence-corrected chi connectivity index (χ3v) is 3.25. The molecule has 0 atom stereocenters. The van der Waals surface area contributed by atoms with Gasteiger partial charge in [0, 0.05) is 11.5 Å². The molecule has 108 valence electrons. The van der Waals surface area contributed by atoms with Gasteiger partial charge in [0.05, 0.1) is 16.3 Å². The third-order valence-electron chi connectivity index (χ3n) is 2.46. The fourth-order valence-corrected chi connectivity index (χ4v) is 2.07. The highest BCUT2D eigenvalue weighted by Crippen LogP contribution is 2.09. The Morgan fingerprint density at radius 1 is 1.29 bits per heavy atom. The maximum absolute atomic E-state index is 13.3. The summed E-state index contributed by atoms with van der Waals surface area (Å²) in [5.41, 5.74) is 4.82. The molecule has 5 nitrogen and oxygen atoms in total. The lowest BCUT2D eigenvalue weighted by atomic mass is 10.2. The van der Waals surface area contributed by atoms with Gasteiger partial charge in [-0.3, -0.25) is 20.4 Å². The maximum Gasteiger partial charge on any atom is 0.272 e. The van der Waals surface area contributed by atoms with Gasteiger partial charge in [0.15, 0.2) is 0 Å². The Bertz CT molecular complexity index is 697. The minimum atomic E-state index is -0.723. The monoisotopic (exact) mass is 305 g/mol. The molecular weight excluding hydrogens is 293 g/mol. The molecule has 0 saturated heterocycles. The van der Waals surface area contributed by atoms with E-state index in [2.05, 4.69) is 15.8 Å². The van der Waals surface area contributed by atoms with E-state index < -0.39 is 17.6 Å². The fraction of sp³-hybridized carbons (Fsp3) is 0.0714. The molecular formula is C14H12FN3O2S. The van der Waals surface area contributed by atoms with Gasteiger partial charge in [-0.2, -0.15) is 0 Å². The first-order chi connectivity index (χ1) is 10.1. The van der Waals surface area contributed by atoms with Crippen LogP contribution in [-0.4, -0.2) is 16.8 Å². The van der Waals surface area contributed by atoms with Crippen LogP contribution in [0.25, 0.3) is 6.08 Å². The van der Waals surface area contributed by atoms with E-state index in [-0.39, 0.29) is 5.56 Å². The van der Waals surface area contributed by atoms with Crippen LogP contribution in [0.15, 0.2) is 35.7 Å². The van der Waals surface area contributed by atoms with Crippen LogP contribution in [0.2, 0.25) is 0 Å². The van der Waals surface area contributed by atoms with Crippen molar-refractivity contribution in [3.05, 3.63) is 57.8 Å². The summed E-state index contributed by atoms with van der Waals surface area (Å²) in [6, 6.07) is 5.50. The summed E-state index contributed by atoms with van der Waals surface area (Å²) in [6.45, 7) is 1.86. The standard InChI is InChI=1S/C14H12FN3O2S/c1-9-16-10(8-21-9)6-7-13(19)17-18-14(20)11-4-2-3-5-12(11)15/h2-8H,1H3,(H,17,19)(H,18,20)/b7-6+. The molecule has 7 heteroatoms. The second-order valence-corrected chi connectivity index (χ2v) is 5.11. The summed E-state index contributed by atoms with van der Waals surface area (Å²) >= 11 is 1.47. The molecule has 1 aromatic heterocycles. The first-order valence-corrected chi connectivity index (χ1v) is 6.89. The van der Waals surface area contributed by atoms with Crippen LogP contribution in [-0.2, 0) is 4.79 Å². The van der Waals surface area contributed by atoms with Gasteiger partial charge in [0.25, 0.3) is 11.8 Å². The van der Waals surface area contributed by atoms with Gasteiger partial charge in [0.1, 0.15) is 5.82 Å². The Labute approximate surface area is 124 Å². The maximum atomic E-state index is 13.3. The van der Waals surface area contributed by atoms with Crippen LogP contribution in [0.1, 0.15) is 21.1 Å². The number of hydrogen-bond donors (Lipinski definition) is 2. The van der Waals surface area contributed by atoms with Gasteiger partial charge >= 0.3 is 0 Å². The highest BCUT2D eigenvalue weighted by atomic mass is 32.1. The van der Waals surface area contributed by atoms with E-state index in [4.69, 9.17) is 0 Å². The predicted molar refractivity (Wildman–Crippen MR) is 77.9 cm³/mol. The molecule has 2 aromatic rings. The van der Waals surface area contributed by atoms with Crippen LogP contribution in [0.3, 0.4) is 0 Å². The molecule has 0 saturated carbocycles. The number of aryl methyl sites for hydroxylation is 1. The Balaban J connectivity index is 1.88. The average Bonchev–Trinajstić information content (AvgIpc) is 2.89. The van der Waals surface area contributed by atoms with Crippen molar-refractivity contribution >= 4 is 29.2 Å². The Kier molecular flexibility index (Phi) is 4.78. The number of benzene rings is 1. The molecule has 21 heavy (non-hydrogen) atoms. The molecule has 1 aromatic carbocycles. The molecule has 0 unspecified atom stereocenters. The Morgan fingerprint density at radius 3 is 2.71 bits per heavy atom. The Morgan fingerprint density at radius 2 is 2.05 bits per heavy atom. The van der Waals surface area contributed by atoms with Crippen molar-refractivity contribution in [2.24, 2.45) is 0 Å². The van der Waals surface area contributed by atoms with Crippen molar-refractivity contribution in [1.82, 2.24) is 15.8 Å². The summed E-state index contributed by atoms with van der Waals surface area (Å²) < 4.78 is 13.3. The predicted octanol–water partition coefficient (Wildman–Crippen LogP) is 2.07. The van der Waals surface area contributed by atoms with Gasteiger partial charge in [-0.25, -0.2) is 9.37 Å². The lowest BCUT2D eigenvalue weighted by Crippen LogP contribution is -2.41. The van der Waals surface area contributed by atoms with Gasteiger partial charge < -0.3 is 0 Å². The fourth-order valence-electron chi connectivity index (χ4n) is 1.49. The van der Waals surface area contributed by atoms with Gasteiger partial charge in [-0.15, -0.1) is 11.3 Å². The number of nitrogens with one attached hydrogen (secondary N) is 2. The number of nitrogens with zero attached hydrogens (tertiary/aromatic N) is 1. The van der Waals surface area contributed by atoms with E-state index in [0.29, 0.717) is 5.69 Å². The summed E-state index contributed by atoms with van der Waals surface area (Å²) in [7, 11) is 0. The van der Waals surface area contributed by atoms with Crippen molar-refractivity contribution in [1.29, 1.82) is 0 Å². The molecule has 2 amide bonds. The van der Waals surface area contributed by atoms with Crippen molar-refractivity contribution in [2.45, 2.75) is 6.92 Å². The van der Waals surface area contributed by atoms with E-state index in [1.807, 2.05) is 6.92 Å². The minimum Gasteiger partial charge on any atom is -0.268 e. The molecule has 0 spiro atoms. The highest BCUT2D eigenvalue weighted by Gasteiger charge is 2.10. The molecule has 0 fully saturated rings. The number of aromatic nitrogens is 1. The summed E-state index contributed by atoms with van der Waals surface area (Å²) in [5.74, 6) is -1.91. The molecule has 1 heterocycles. The smallest absolute Gasteiger partial charge is 0.268 e. The highest BCUT2D eigenvalue weighted by molar-refractivity contribution is 7.09.